The molecule has 1 aromatic rings. The maximum absolute atomic E-state index is 12.5. The van der Waals surface area contributed by atoms with Crippen molar-refractivity contribution in [3.63, 3.8) is 0 Å². The van der Waals surface area contributed by atoms with E-state index in [4.69, 9.17) is 4.74 Å². The number of carbonyl (C=O) groups is 1. The number of aromatic nitrogens is 2. The second-order valence-electron chi connectivity index (χ2n) is 6.46. The van der Waals surface area contributed by atoms with Gasteiger partial charge in [-0.3, -0.25) is 4.79 Å². The lowest BCUT2D eigenvalue weighted by Gasteiger charge is -2.33. The highest BCUT2D eigenvalue weighted by atomic mass is 16.5. The Morgan fingerprint density at radius 1 is 1.14 bits per heavy atom. The molecular weight excluding hydrogens is 278 g/mol. The van der Waals surface area contributed by atoms with Crippen LogP contribution in [0.15, 0.2) is 18.5 Å². The highest BCUT2D eigenvalue weighted by Crippen LogP contribution is 2.27. The van der Waals surface area contributed by atoms with Gasteiger partial charge in [0.2, 0.25) is 5.91 Å². The molecule has 2 aliphatic rings. The quantitative estimate of drug-likeness (QED) is 0.858. The molecule has 1 saturated carbocycles. The van der Waals surface area contributed by atoms with Crippen molar-refractivity contribution in [2.24, 2.45) is 5.92 Å². The second-order valence-corrected chi connectivity index (χ2v) is 6.46. The van der Waals surface area contributed by atoms with E-state index < -0.39 is 0 Å². The van der Waals surface area contributed by atoms with Gasteiger partial charge in [0.1, 0.15) is 6.10 Å². The molecule has 0 aromatic carbocycles. The molecule has 0 radical (unpaired) electrons. The number of nitrogens with zero attached hydrogens (tertiary/aromatic N) is 3. The molecule has 0 bridgehead atoms. The van der Waals surface area contributed by atoms with E-state index in [9.17, 15) is 4.79 Å². The zero-order valence-corrected chi connectivity index (χ0v) is 13.1. The Morgan fingerprint density at radius 3 is 2.68 bits per heavy atom. The minimum absolute atomic E-state index is 0.0199. The van der Waals surface area contributed by atoms with Crippen LogP contribution in [0.2, 0.25) is 0 Å². The number of amides is 1. The Hall–Kier alpha value is -1.65. The zero-order valence-electron chi connectivity index (χ0n) is 13.1. The van der Waals surface area contributed by atoms with Gasteiger partial charge in [-0.25, -0.2) is 9.97 Å². The Labute approximate surface area is 132 Å². The van der Waals surface area contributed by atoms with Gasteiger partial charge in [0.25, 0.3) is 0 Å². The van der Waals surface area contributed by atoms with Crippen LogP contribution in [0.3, 0.4) is 0 Å². The summed E-state index contributed by atoms with van der Waals surface area (Å²) in [7, 11) is 0. The highest BCUT2D eigenvalue weighted by Gasteiger charge is 2.27. The summed E-state index contributed by atoms with van der Waals surface area (Å²) in [4.78, 5) is 22.7. The van der Waals surface area contributed by atoms with Crippen molar-refractivity contribution in [1.29, 1.82) is 0 Å². The first-order valence-corrected chi connectivity index (χ1v) is 8.53. The van der Waals surface area contributed by atoms with Gasteiger partial charge in [-0.15, -0.1) is 0 Å². The van der Waals surface area contributed by atoms with Crippen LogP contribution in [0.1, 0.15) is 51.4 Å². The molecule has 120 valence electrons. The standard InChI is InChI=1S/C17H25N3O2/c21-16(12-14-6-2-1-3-7-14)20-11-4-8-15(13-20)22-17-18-9-5-10-19-17/h5,9-10,14-15H,1-4,6-8,11-13H2. The van der Waals surface area contributed by atoms with E-state index in [0.717, 1.165) is 19.4 Å². The van der Waals surface area contributed by atoms with Gasteiger partial charge in [-0.05, 0) is 37.7 Å². The van der Waals surface area contributed by atoms with Gasteiger partial charge in [0, 0.05) is 25.4 Å². The van der Waals surface area contributed by atoms with Crippen LogP contribution in [-0.4, -0.2) is 40.0 Å². The molecule has 5 nitrogen and oxygen atoms in total. The Morgan fingerprint density at radius 2 is 1.91 bits per heavy atom. The lowest BCUT2D eigenvalue weighted by Crippen LogP contribution is -2.45. The number of piperidine rings is 1. The van der Waals surface area contributed by atoms with Gasteiger partial charge < -0.3 is 9.64 Å². The molecule has 1 aliphatic carbocycles. The van der Waals surface area contributed by atoms with Gasteiger partial charge in [-0.1, -0.05) is 19.3 Å². The molecule has 1 aromatic heterocycles. The second kappa shape index (κ2) is 7.56. The van der Waals surface area contributed by atoms with Crippen LogP contribution in [0.4, 0.5) is 0 Å². The molecule has 2 heterocycles. The van der Waals surface area contributed by atoms with Crippen LogP contribution in [0, 0.1) is 5.92 Å². The van der Waals surface area contributed by atoms with Crippen LogP contribution in [0.25, 0.3) is 0 Å². The average molecular weight is 303 g/mol. The van der Waals surface area contributed by atoms with E-state index in [1.807, 2.05) is 4.90 Å². The predicted molar refractivity (Wildman–Crippen MR) is 83.5 cm³/mol. The summed E-state index contributed by atoms with van der Waals surface area (Å²) in [5, 5.41) is 0. The normalized spacial score (nSPS) is 23.3. The lowest BCUT2D eigenvalue weighted by molar-refractivity contribution is -0.135. The number of hydrogen-bond donors (Lipinski definition) is 0. The Kier molecular flexibility index (Phi) is 5.24. The smallest absolute Gasteiger partial charge is 0.316 e. The third-order valence-electron chi connectivity index (χ3n) is 4.73. The fourth-order valence-corrected chi connectivity index (χ4v) is 3.52. The van der Waals surface area contributed by atoms with Crippen molar-refractivity contribution < 1.29 is 9.53 Å². The summed E-state index contributed by atoms with van der Waals surface area (Å²) < 4.78 is 5.81. The lowest BCUT2D eigenvalue weighted by atomic mass is 9.86. The first kappa shape index (κ1) is 15.3. The zero-order chi connectivity index (χ0) is 15.2. The number of carbonyl (C=O) groups excluding carboxylic acids is 1. The van der Waals surface area contributed by atoms with Crippen molar-refractivity contribution in [2.75, 3.05) is 13.1 Å². The number of rotatable bonds is 4. The Balaban J connectivity index is 1.50. The monoisotopic (exact) mass is 303 g/mol. The van der Waals surface area contributed by atoms with Gasteiger partial charge in [0.05, 0.1) is 6.54 Å². The molecule has 0 N–H and O–H groups in total. The third-order valence-corrected chi connectivity index (χ3v) is 4.73. The molecule has 1 saturated heterocycles. The summed E-state index contributed by atoms with van der Waals surface area (Å²) >= 11 is 0. The van der Waals surface area contributed by atoms with Crippen LogP contribution >= 0.6 is 0 Å². The molecule has 1 atom stereocenters. The fraction of sp³-hybridized carbons (Fsp3) is 0.706. The van der Waals surface area contributed by atoms with Crippen molar-refractivity contribution in [1.82, 2.24) is 14.9 Å². The first-order chi connectivity index (χ1) is 10.8. The number of ether oxygens (including phenoxy) is 1. The van der Waals surface area contributed by atoms with Crippen molar-refractivity contribution in [3.05, 3.63) is 18.5 Å². The number of likely N-dealkylation sites (tertiary alicyclic amines) is 1. The summed E-state index contributed by atoms with van der Waals surface area (Å²) in [6.07, 6.45) is 12.4. The molecule has 1 unspecified atom stereocenters. The molecule has 0 spiro atoms. The molecule has 3 rings (SSSR count). The first-order valence-electron chi connectivity index (χ1n) is 8.53. The fourth-order valence-electron chi connectivity index (χ4n) is 3.52. The van der Waals surface area contributed by atoms with Crippen molar-refractivity contribution >= 4 is 5.91 Å². The van der Waals surface area contributed by atoms with Crippen molar-refractivity contribution in [2.45, 2.75) is 57.5 Å². The van der Waals surface area contributed by atoms with Crippen LogP contribution < -0.4 is 4.74 Å². The predicted octanol–water partition coefficient (Wildman–Crippen LogP) is 2.82. The van der Waals surface area contributed by atoms with Gasteiger partial charge >= 0.3 is 6.01 Å². The molecule has 1 aliphatic heterocycles. The number of hydrogen-bond acceptors (Lipinski definition) is 4. The third kappa shape index (κ3) is 4.18. The van der Waals surface area contributed by atoms with E-state index in [0.29, 0.717) is 30.8 Å². The topological polar surface area (TPSA) is 55.3 Å². The van der Waals surface area contributed by atoms with Crippen LogP contribution in [0.5, 0.6) is 6.01 Å². The maximum atomic E-state index is 12.5. The summed E-state index contributed by atoms with van der Waals surface area (Å²) in [5.41, 5.74) is 0. The molecular formula is C17H25N3O2. The SMILES string of the molecule is O=C(CC1CCCCC1)N1CCCC(Oc2ncccn2)C1. The van der Waals surface area contributed by atoms with E-state index in [1.54, 1.807) is 18.5 Å². The molecule has 2 fully saturated rings. The minimum atomic E-state index is 0.0199. The maximum Gasteiger partial charge on any atom is 0.316 e. The van der Waals surface area contributed by atoms with Gasteiger partial charge in [-0.2, -0.15) is 0 Å². The van der Waals surface area contributed by atoms with E-state index in [-0.39, 0.29) is 6.10 Å². The average Bonchev–Trinajstić information content (AvgIpc) is 2.57. The summed E-state index contributed by atoms with van der Waals surface area (Å²) in [5.74, 6) is 0.897. The Bertz CT molecular complexity index is 474. The minimum Gasteiger partial charge on any atom is -0.458 e. The van der Waals surface area contributed by atoms with Crippen LogP contribution in [-0.2, 0) is 4.79 Å². The molecule has 5 heteroatoms. The molecule has 22 heavy (non-hydrogen) atoms. The van der Waals surface area contributed by atoms with E-state index in [2.05, 4.69) is 9.97 Å². The van der Waals surface area contributed by atoms with Crippen molar-refractivity contribution in [3.8, 4) is 6.01 Å². The molecule has 1 amide bonds. The summed E-state index contributed by atoms with van der Waals surface area (Å²) in [6.45, 7) is 1.53. The van der Waals surface area contributed by atoms with E-state index >= 15 is 0 Å². The van der Waals surface area contributed by atoms with Gasteiger partial charge in [0.15, 0.2) is 0 Å². The van der Waals surface area contributed by atoms with E-state index in [1.165, 1.54) is 32.1 Å². The highest BCUT2D eigenvalue weighted by molar-refractivity contribution is 5.76. The summed E-state index contributed by atoms with van der Waals surface area (Å²) in [6, 6.07) is 2.18. The largest absolute Gasteiger partial charge is 0.458 e.